The van der Waals surface area contributed by atoms with Gasteiger partial charge < -0.3 is 14.5 Å². The first-order valence-electron chi connectivity index (χ1n) is 6.93. The molecule has 3 nitrogen and oxygen atoms in total. The molecule has 0 amide bonds. The average Bonchev–Trinajstić information content (AvgIpc) is 3.10. The Balaban J connectivity index is 0.00000220. The van der Waals surface area contributed by atoms with E-state index in [0.717, 1.165) is 31.0 Å². The molecule has 0 aliphatic rings. The van der Waals surface area contributed by atoms with Gasteiger partial charge in [-0.3, -0.25) is 0 Å². The number of thiophene rings is 1. The van der Waals surface area contributed by atoms with Crippen LogP contribution in [0, 0.1) is 0 Å². The van der Waals surface area contributed by atoms with Gasteiger partial charge in [0.05, 0.1) is 13.2 Å². The van der Waals surface area contributed by atoms with Crippen LogP contribution in [0.1, 0.15) is 30.4 Å². The van der Waals surface area contributed by atoms with Gasteiger partial charge in [0.25, 0.3) is 0 Å². The summed E-state index contributed by atoms with van der Waals surface area (Å²) in [7, 11) is 0. The van der Waals surface area contributed by atoms with E-state index in [2.05, 4.69) is 35.1 Å². The van der Waals surface area contributed by atoms with Gasteiger partial charge in [0.2, 0.25) is 0 Å². The second kappa shape index (κ2) is 10.6. The Hall–Kier alpha value is -1.07. The van der Waals surface area contributed by atoms with Crippen LogP contribution in [0.5, 0.6) is 0 Å². The monoisotopic (exact) mass is 327 g/mol. The number of ether oxygens (including phenoxy) is 1. The van der Waals surface area contributed by atoms with Gasteiger partial charge in [-0.15, -0.1) is 12.4 Å². The molecule has 2 heterocycles. The quantitative estimate of drug-likeness (QED) is 0.689. The van der Waals surface area contributed by atoms with Crippen molar-refractivity contribution in [1.29, 1.82) is 0 Å². The lowest BCUT2D eigenvalue weighted by molar-refractivity contribution is 0.130. The number of furan rings is 1. The van der Waals surface area contributed by atoms with Gasteiger partial charge in [-0.2, -0.15) is 11.3 Å². The highest BCUT2D eigenvalue weighted by atomic mass is 35.5. The molecule has 0 aromatic carbocycles. The van der Waals surface area contributed by atoms with Gasteiger partial charge in [-0.1, -0.05) is 19.1 Å². The second-order valence-electron chi connectivity index (χ2n) is 4.52. The van der Waals surface area contributed by atoms with E-state index < -0.39 is 0 Å². The van der Waals surface area contributed by atoms with E-state index in [9.17, 15) is 0 Å². The Labute approximate surface area is 136 Å². The summed E-state index contributed by atoms with van der Waals surface area (Å²) in [6.07, 6.45) is 5.22. The van der Waals surface area contributed by atoms with E-state index in [4.69, 9.17) is 9.15 Å². The first-order chi connectivity index (χ1) is 9.88. The van der Waals surface area contributed by atoms with Gasteiger partial charge in [-0.05, 0) is 47.5 Å². The van der Waals surface area contributed by atoms with E-state index in [0.29, 0.717) is 13.2 Å². The van der Waals surface area contributed by atoms with Crippen molar-refractivity contribution in [2.45, 2.75) is 26.5 Å². The summed E-state index contributed by atoms with van der Waals surface area (Å²) in [6.45, 7) is 5.06. The fraction of sp³-hybridized carbons (Fsp3) is 0.375. The smallest absolute Gasteiger partial charge is 0.129 e. The minimum Gasteiger partial charge on any atom is -0.462 e. The van der Waals surface area contributed by atoms with Gasteiger partial charge in [-0.25, -0.2) is 0 Å². The van der Waals surface area contributed by atoms with Crippen molar-refractivity contribution < 1.29 is 9.15 Å². The summed E-state index contributed by atoms with van der Waals surface area (Å²) in [5.74, 6) is 1.84. The predicted octanol–water partition coefficient (Wildman–Crippen LogP) is 4.49. The Bertz CT molecular complexity index is 508. The molecule has 21 heavy (non-hydrogen) atoms. The van der Waals surface area contributed by atoms with Gasteiger partial charge in [0.1, 0.15) is 18.1 Å². The minimum absolute atomic E-state index is 0. The summed E-state index contributed by atoms with van der Waals surface area (Å²) in [5.41, 5.74) is 1.22. The topological polar surface area (TPSA) is 34.4 Å². The summed E-state index contributed by atoms with van der Waals surface area (Å²) in [6, 6.07) is 6.07. The standard InChI is InChI=1S/C16H21NO2S.ClH/c1-2-8-17-11-15-5-6-16(19-15)12-18-9-3-4-14-7-10-20-13-14;/h3-7,10,13,17H,2,8-9,11-12H2,1H3;1H/b4-3+;. The van der Waals surface area contributed by atoms with Crippen molar-refractivity contribution in [3.8, 4) is 0 Å². The molecule has 2 rings (SSSR count). The predicted molar refractivity (Wildman–Crippen MR) is 91.0 cm³/mol. The van der Waals surface area contributed by atoms with Crippen LogP contribution < -0.4 is 5.32 Å². The number of nitrogens with one attached hydrogen (secondary N) is 1. The molecule has 0 saturated carbocycles. The molecule has 0 unspecified atom stereocenters. The molecule has 0 fully saturated rings. The summed E-state index contributed by atoms with van der Waals surface area (Å²) in [5, 5.41) is 7.49. The molecule has 0 bridgehead atoms. The lowest BCUT2D eigenvalue weighted by Gasteiger charge is -2.00. The fourth-order valence-electron chi connectivity index (χ4n) is 1.76. The molecule has 2 aromatic heterocycles. The average molecular weight is 328 g/mol. The highest BCUT2D eigenvalue weighted by Gasteiger charge is 2.01. The first kappa shape index (κ1) is 18.0. The number of hydrogen-bond acceptors (Lipinski definition) is 4. The van der Waals surface area contributed by atoms with Crippen LogP contribution >= 0.6 is 23.7 Å². The van der Waals surface area contributed by atoms with E-state index in [-0.39, 0.29) is 12.4 Å². The highest BCUT2D eigenvalue weighted by molar-refractivity contribution is 7.08. The third kappa shape index (κ3) is 6.96. The fourth-order valence-corrected chi connectivity index (χ4v) is 2.39. The largest absolute Gasteiger partial charge is 0.462 e. The van der Waals surface area contributed by atoms with Crippen molar-refractivity contribution in [3.05, 3.63) is 52.1 Å². The van der Waals surface area contributed by atoms with Gasteiger partial charge >= 0.3 is 0 Å². The maximum atomic E-state index is 5.67. The molecule has 0 aliphatic carbocycles. The number of halogens is 1. The van der Waals surface area contributed by atoms with Crippen molar-refractivity contribution in [2.24, 2.45) is 0 Å². The Morgan fingerprint density at radius 2 is 2.14 bits per heavy atom. The van der Waals surface area contributed by atoms with Crippen LogP contribution in [0.2, 0.25) is 0 Å². The third-order valence-corrected chi connectivity index (χ3v) is 3.46. The lowest BCUT2D eigenvalue weighted by Crippen LogP contribution is -2.13. The van der Waals surface area contributed by atoms with E-state index in [1.807, 2.05) is 18.2 Å². The number of hydrogen-bond donors (Lipinski definition) is 1. The van der Waals surface area contributed by atoms with Crippen LogP contribution in [-0.4, -0.2) is 13.2 Å². The SMILES string of the molecule is CCCNCc1ccc(COC/C=C/c2ccsc2)o1.Cl. The van der Waals surface area contributed by atoms with Gasteiger partial charge in [0.15, 0.2) is 0 Å². The van der Waals surface area contributed by atoms with Crippen LogP contribution in [0.15, 0.2) is 39.5 Å². The Morgan fingerprint density at radius 3 is 2.90 bits per heavy atom. The molecule has 1 N–H and O–H groups in total. The molecule has 0 atom stereocenters. The van der Waals surface area contributed by atoms with Crippen LogP contribution in [0.3, 0.4) is 0 Å². The van der Waals surface area contributed by atoms with Crippen molar-refractivity contribution in [2.75, 3.05) is 13.2 Å². The van der Waals surface area contributed by atoms with Crippen LogP contribution in [-0.2, 0) is 17.9 Å². The molecule has 0 radical (unpaired) electrons. The van der Waals surface area contributed by atoms with Crippen LogP contribution in [0.25, 0.3) is 6.08 Å². The Morgan fingerprint density at radius 1 is 1.29 bits per heavy atom. The summed E-state index contributed by atoms with van der Waals surface area (Å²) >= 11 is 1.70. The molecule has 0 aliphatic heterocycles. The minimum atomic E-state index is 0. The zero-order chi connectivity index (χ0) is 14.0. The molecule has 116 valence electrons. The first-order valence-corrected chi connectivity index (χ1v) is 7.87. The summed E-state index contributed by atoms with van der Waals surface area (Å²) < 4.78 is 11.2. The van der Waals surface area contributed by atoms with Crippen molar-refractivity contribution >= 4 is 29.8 Å². The summed E-state index contributed by atoms with van der Waals surface area (Å²) in [4.78, 5) is 0. The zero-order valence-corrected chi connectivity index (χ0v) is 13.8. The lowest BCUT2D eigenvalue weighted by atomic mass is 10.3. The second-order valence-corrected chi connectivity index (χ2v) is 5.30. The molecule has 2 aromatic rings. The molecular formula is C16H22ClNO2S. The number of rotatable bonds is 9. The normalized spacial score (nSPS) is 10.9. The van der Waals surface area contributed by atoms with Crippen LogP contribution in [0.4, 0.5) is 0 Å². The maximum Gasteiger partial charge on any atom is 0.129 e. The van der Waals surface area contributed by atoms with Crippen molar-refractivity contribution in [1.82, 2.24) is 5.32 Å². The maximum absolute atomic E-state index is 5.67. The highest BCUT2D eigenvalue weighted by Crippen LogP contribution is 2.10. The van der Waals surface area contributed by atoms with Crippen molar-refractivity contribution in [3.63, 3.8) is 0 Å². The Kier molecular flexibility index (Phi) is 9.10. The van der Waals surface area contributed by atoms with E-state index in [1.54, 1.807) is 11.3 Å². The third-order valence-electron chi connectivity index (χ3n) is 2.76. The molecular weight excluding hydrogens is 306 g/mol. The van der Waals surface area contributed by atoms with Gasteiger partial charge in [0, 0.05) is 0 Å². The zero-order valence-electron chi connectivity index (χ0n) is 12.2. The van der Waals surface area contributed by atoms with E-state index >= 15 is 0 Å². The molecule has 5 heteroatoms. The van der Waals surface area contributed by atoms with E-state index in [1.165, 1.54) is 5.56 Å². The molecule has 0 saturated heterocycles. The molecule has 0 spiro atoms.